The van der Waals surface area contributed by atoms with Crippen LogP contribution in [0, 0.1) is 0 Å². The van der Waals surface area contributed by atoms with Gasteiger partial charge in [-0.05, 0) is 12.8 Å². The van der Waals surface area contributed by atoms with Gasteiger partial charge in [0.2, 0.25) is 5.62 Å². The van der Waals surface area contributed by atoms with Gasteiger partial charge in [-0.25, -0.2) is 15.0 Å². The highest BCUT2D eigenvalue weighted by atomic mass is 15.0. The largest absolute Gasteiger partial charge is 0.315 e. The molecule has 4 heteroatoms. The standard InChI is InChI=1S/C11H20N4/c1-3-5-6-7-10(4-2)15-11-13-8-12-9-14-11/h8-10H,3-7H2,1-2H3,(H,12,13,14,15). The van der Waals surface area contributed by atoms with E-state index in [1.54, 1.807) is 6.33 Å². The van der Waals surface area contributed by atoms with E-state index in [1.165, 1.54) is 25.6 Å². The van der Waals surface area contributed by atoms with Crippen molar-refractivity contribution in [2.24, 2.45) is 4.99 Å². The van der Waals surface area contributed by atoms with E-state index in [1.807, 2.05) is 0 Å². The number of rotatable bonds is 6. The molecule has 0 spiro atoms. The van der Waals surface area contributed by atoms with E-state index < -0.39 is 0 Å². The fraction of sp³-hybridized carbons (Fsp3) is 0.727. The van der Waals surface area contributed by atoms with Crippen LogP contribution in [0.2, 0.25) is 0 Å². The first-order chi connectivity index (χ1) is 7.36. The Hall–Kier alpha value is -1.19. The van der Waals surface area contributed by atoms with Gasteiger partial charge in [0.1, 0.15) is 6.33 Å². The molecule has 0 radical (unpaired) electrons. The van der Waals surface area contributed by atoms with E-state index in [0.717, 1.165) is 12.8 Å². The van der Waals surface area contributed by atoms with E-state index in [0.29, 0.717) is 11.7 Å². The summed E-state index contributed by atoms with van der Waals surface area (Å²) in [5, 5.41) is 0. The minimum Gasteiger partial charge on any atom is -0.315 e. The Kier molecular flexibility index (Phi) is 5.66. The Morgan fingerprint density at radius 3 is 2.87 bits per heavy atom. The van der Waals surface area contributed by atoms with Crippen molar-refractivity contribution in [2.75, 3.05) is 0 Å². The highest BCUT2D eigenvalue weighted by Crippen LogP contribution is 2.08. The summed E-state index contributed by atoms with van der Waals surface area (Å²) >= 11 is 0. The number of H-pyrrole nitrogens is 1. The monoisotopic (exact) mass is 208 g/mol. The number of unbranched alkanes of at least 4 members (excludes halogenated alkanes) is 2. The first-order valence-corrected chi connectivity index (χ1v) is 5.75. The van der Waals surface area contributed by atoms with Gasteiger partial charge < -0.3 is 4.98 Å². The molecule has 0 saturated carbocycles. The third-order valence-corrected chi connectivity index (χ3v) is 2.43. The molecule has 0 aliphatic rings. The lowest BCUT2D eigenvalue weighted by atomic mass is 10.1. The zero-order chi connectivity index (χ0) is 10.9. The Balaban J connectivity index is 2.53. The van der Waals surface area contributed by atoms with Gasteiger partial charge in [-0.3, -0.25) is 0 Å². The Bertz CT molecular complexity index is 301. The second kappa shape index (κ2) is 7.15. The molecular weight excluding hydrogens is 188 g/mol. The molecule has 1 rings (SSSR count). The van der Waals surface area contributed by atoms with Gasteiger partial charge >= 0.3 is 0 Å². The maximum absolute atomic E-state index is 4.54. The molecule has 0 aromatic carbocycles. The summed E-state index contributed by atoms with van der Waals surface area (Å²) in [6, 6.07) is 0.391. The predicted octanol–water partition coefficient (Wildman–Crippen LogP) is 2.06. The molecule has 0 amide bonds. The number of nitrogens with zero attached hydrogens (tertiary/aromatic N) is 3. The Morgan fingerprint density at radius 1 is 1.40 bits per heavy atom. The summed E-state index contributed by atoms with van der Waals surface area (Å²) in [7, 11) is 0. The van der Waals surface area contributed by atoms with E-state index in [9.17, 15) is 0 Å². The predicted molar refractivity (Wildman–Crippen MR) is 60.2 cm³/mol. The topological polar surface area (TPSA) is 53.9 Å². The summed E-state index contributed by atoms with van der Waals surface area (Å²) in [5.41, 5.74) is 0.688. The van der Waals surface area contributed by atoms with Gasteiger partial charge in [0.15, 0.2) is 0 Å². The normalized spacial score (nSPS) is 14.1. The van der Waals surface area contributed by atoms with Crippen molar-refractivity contribution in [3.63, 3.8) is 0 Å². The van der Waals surface area contributed by atoms with Crippen molar-refractivity contribution in [1.82, 2.24) is 15.0 Å². The third kappa shape index (κ3) is 4.72. The second-order valence-electron chi connectivity index (χ2n) is 3.68. The molecule has 0 saturated heterocycles. The highest BCUT2D eigenvalue weighted by Gasteiger charge is 2.02. The minimum absolute atomic E-state index is 0.391. The van der Waals surface area contributed by atoms with Gasteiger partial charge in [0.05, 0.1) is 12.4 Å². The molecule has 4 nitrogen and oxygen atoms in total. The Morgan fingerprint density at radius 2 is 2.27 bits per heavy atom. The molecule has 1 atom stereocenters. The molecule has 0 bridgehead atoms. The lowest BCUT2D eigenvalue weighted by Crippen LogP contribution is -2.17. The fourth-order valence-electron chi connectivity index (χ4n) is 1.49. The summed E-state index contributed by atoms with van der Waals surface area (Å²) in [6.07, 6.45) is 9.17. The molecule has 0 fully saturated rings. The quantitative estimate of drug-likeness (QED) is 0.727. The lowest BCUT2D eigenvalue weighted by molar-refractivity contribution is 0.534. The van der Waals surface area contributed by atoms with Crippen molar-refractivity contribution in [3.05, 3.63) is 18.3 Å². The van der Waals surface area contributed by atoms with Gasteiger partial charge in [0, 0.05) is 0 Å². The van der Waals surface area contributed by atoms with Crippen LogP contribution in [-0.4, -0.2) is 21.0 Å². The SMILES string of the molecule is CCCCCC(CC)N=c1ncnc[nH]1. The molecule has 0 aliphatic heterocycles. The van der Waals surface area contributed by atoms with Gasteiger partial charge in [-0.1, -0.05) is 33.1 Å². The van der Waals surface area contributed by atoms with Crippen LogP contribution >= 0.6 is 0 Å². The van der Waals surface area contributed by atoms with E-state index in [4.69, 9.17) is 0 Å². The first-order valence-electron chi connectivity index (χ1n) is 5.75. The molecule has 1 unspecified atom stereocenters. The van der Waals surface area contributed by atoms with E-state index in [-0.39, 0.29) is 0 Å². The minimum atomic E-state index is 0.391. The smallest absolute Gasteiger partial charge is 0.224 e. The number of hydrogen-bond acceptors (Lipinski definition) is 3. The number of aromatic amines is 1. The van der Waals surface area contributed by atoms with Crippen LogP contribution in [-0.2, 0) is 0 Å². The molecule has 1 heterocycles. The molecule has 0 aliphatic carbocycles. The van der Waals surface area contributed by atoms with Crippen LogP contribution in [0.3, 0.4) is 0 Å². The van der Waals surface area contributed by atoms with Crippen LogP contribution < -0.4 is 5.62 Å². The molecule has 84 valence electrons. The van der Waals surface area contributed by atoms with Crippen LogP contribution in [0.25, 0.3) is 0 Å². The zero-order valence-corrected chi connectivity index (χ0v) is 9.61. The maximum Gasteiger partial charge on any atom is 0.224 e. The van der Waals surface area contributed by atoms with E-state index in [2.05, 4.69) is 33.8 Å². The molecule has 1 aromatic rings. The number of aromatic nitrogens is 3. The van der Waals surface area contributed by atoms with Crippen LogP contribution in [0.15, 0.2) is 17.6 Å². The average Bonchev–Trinajstić information content (AvgIpc) is 2.29. The van der Waals surface area contributed by atoms with Crippen molar-refractivity contribution < 1.29 is 0 Å². The lowest BCUT2D eigenvalue weighted by Gasteiger charge is -2.07. The zero-order valence-electron chi connectivity index (χ0n) is 9.61. The molecule has 15 heavy (non-hydrogen) atoms. The van der Waals surface area contributed by atoms with Crippen LogP contribution in [0.5, 0.6) is 0 Å². The summed E-state index contributed by atoms with van der Waals surface area (Å²) < 4.78 is 0. The average molecular weight is 208 g/mol. The van der Waals surface area contributed by atoms with Gasteiger partial charge in [0.25, 0.3) is 0 Å². The summed E-state index contributed by atoms with van der Waals surface area (Å²) in [6.45, 7) is 4.39. The van der Waals surface area contributed by atoms with Crippen molar-refractivity contribution in [1.29, 1.82) is 0 Å². The number of nitrogens with one attached hydrogen (secondary N) is 1. The highest BCUT2D eigenvalue weighted by molar-refractivity contribution is 4.67. The van der Waals surface area contributed by atoms with Crippen molar-refractivity contribution in [3.8, 4) is 0 Å². The first kappa shape index (κ1) is 11.9. The molecular formula is C11H20N4. The van der Waals surface area contributed by atoms with Crippen LogP contribution in [0.4, 0.5) is 0 Å². The fourth-order valence-corrected chi connectivity index (χ4v) is 1.49. The van der Waals surface area contributed by atoms with Gasteiger partial charge in [-0.2, -0.15) is 0 Å². The second-order valence-corrected chi connectivity index (χ2v) is 3.68. The maximum atomic E-state index is 4.54. The summed E-state index contributed by atoms with van der Waals surface area (Å²) in [4.78, 5) is 15.4. The molecule has 1 aromatic heterocycles. The van der Waals surface area contributed by atoms with Crippen LogP contribution in [0.1, 0.15) is 46.0 Å². The molecule has 1 N–H and O–H groups in total. The number of hydrogen-bond donors (Lipinski definition) is 1. The van der Waals surface area contributed by atoms with Crippen molar-refractivity contribution in [2.45, 2.75) is 52.0 Å². The Labute approximate surface area is 90.9 Å². The summed E-state index contributed by atoms with van der Waals surface area (Å²) in [5.74, 6) is 0. The third-order valence-electron chi connectivity index (χ3n) is 2.43. The van der Waals surface area contributed by atoms with E-state index >= 15 is 0 Å². The van der Waals surface area contributed by atoms with Crippen molar-refractivity contribution >= 4 is 0 Å². The van der Waals surface area contributed by atoms with Gasteiger partial charge in [-0.15, -0.1) is 0 Å².